The lowest BCUT2D eigenvalue weighted by atomic mass is 9.99. The molecular formula is C24H26FN5O. The second-order valence-corrected chi connectivity index (χ2v) is 7.91. The Hall–Kier alpha value is -3.48. The van der Waals surface area contributed by atoms with Gasteiger partial charge in [-0.15, -0.1) is 10.2 Å². The predicted octanol–water partition coefficient (Wildman–Crippen LogP) is 4.56. The number of aryl methyl sites for hydroxylation is 3. The Morgan fingerprint density at radius 2 is 1.61 bits per heavy atom. The third kappa shape index (κ3) is 4.50. The van der Waals surface area contributed by atoms with E-state index in [1.54, 1.807) is 23.1 Å². The van der Waals surface area contributed by atoms with Crippen LogP contribution in [-0.2, 0) is 0 Å². The molecule has 1 aliphatic heterocycles. The minimum Gasteiger partial charge on any atom is -0.352 e. The van der Waals surface area contributed by atoms with Crippen LogP contribution >= 0.6 is 0 Å². The van der Waals surface area contributed by atoms with Crippen LogP contribution in [0, 0.1) is 26.6 Å². The molecule has 2 heterocycles. The highest BCUT2D eigenvalue weighted by Crippen LogP contribution is 2.25. The Balaban J connectivity index is 1.38. The van der Waals surface area contributed by atoms with Gasteiger partial charge in [-0.05, 0) is 67.8 Å². The molecule has 0 bridgehead atoms. The quantitative estimate of drug-likeness (QED) is 0.676. The number of piperazine rings is 1. The van der Waals surface area contributed by atoms with E-state index >= 15 is 0 Å². The number of halogens is 1. The third-order valence-corrected chi connectivity index (χ3v) is 5.77. The number of rotatable bonds is 3. The summed E-state index contributed by atoms with van der Waals surface area (Å²) in [5.74, 6) is 0.350. The topological polar surface area (TPSA) is 61.4 Å². The average Bonchev–Trinajstić information content (AvgIpc) is 2.78. The van der Waals surface area contributed by atoms with Crippen LogP contribution in [0.25, 0.3) is 11.3 Å². The van der Waals surface area contributed by atoms with Crippen molar-refractivity contribution in [2.45, 2.75) is 20.8 Å². The van der Waals surface area contributed by atoms with Gasteiger partial charge in [-0.25, -0.2) is 9.18 Å². The fourth-order valence-corrected chi connectivity index (χ4v) is 3.77. The summed E-state index contributed by atoms with van der Waals surface area (Å²) in [4.78, 5) is 16.2. The lowest BCUT2D eigenvalue weighted by Gasteiger charge is -2.35. The number of benzene rings is 2. The number of hydrogen-bond acceptors (Lipinski definition) is 4. The van der Waals surface area contributed by atoms with E-state index in [-0.39, 0.29) is 11.7 Å². The SMILES string of the molecule is Cc1cc(C)c(-c2ccc(N3CCN(C(=O)Nc4ccccc4F)CC3)nn2)cc1C. The molecule has 4 rings (SSSR count). The molecule has 31 heavy (non-hydrogen) atoms. The van der Waals surface area contributed by atoms with E-state index in [1.165, 1.54) is 22.8 Å². The molecular weight excluding hydrogens is 393 g/mol. The molecule has 1 aliphatic rings. The highest BCUT2D eigenvalue weighted by molar-refractivity contribution is 5.89. The number of aromatic nitrogens is 2. The van der Waals surface area contributed by atoms with E-state index in [4.69, 9.17) is 0 Å². The Kier molecular flexibility index (Phi) is 5.84. The van der Waals surface area contributed by atoms with Crippen molar-refractivity contribution in [1.29, 1.82) is 0 Å². The van der Waals surface area contributed by atoms with E-state index in [0.717, 1.165) is 17.1 Å². The smallest absolute Gasteiger partial charge is 0.322 e. The van der Waals surface area contributed by atoms with Gasteiger partial charge in [0.15, 0.2) is 5.82 Å². The maximum atomic E-state index is 13.8. The number of hydrogen-bond donors (Lipinski definition) is 1. The number of nitrogens with zero attached hydrogens (tertiary/aromatic N) is 4. The van der Waals surface area contributed by atoms with Crippen LogP contribution in [0.1, 0.15) is 16.7 Å². The molecule has 0 aliphatic carbocycles. The standard InChI is InChI=1S/C24H26FN5O/c1-16-14-18(3)19(15-17(16)2)21-8-9-23(28-27-21)29-10-12-30(13-11-29)24(31)26-22-7-5-4-6-20(22)25/h4-9,14-15H,10-13H2,1-3H3,(H,26,31). The molecule has 0 spiro atoms. The van der Waals surface area contributed by atoms with Gasteiger partial charge < -0.3 is 15.1 Å². The van der Waals surface area contributed by atoms with Crippen LogP contribution in [0.2, 0.25) is 0 Å². The maximum Gasteiger partial charge on any atom is 0.322 e. The molecule has 6 nitrogen and oxygen atoms in total. The van der Waals surface area contributed by atoms with Gasteiger partial charge in [-0.1, -0.05) is 18.2 Å². The summed E-state index contributed by atoms with van der Waals surface area (Å²) in [6, 6.07) is 14.2. The second-order valence-electron chi connectivity index (χ2n) is 7.91. The monoisotopic (exact) mass is 419 g/mol. The molecule has 0 saturated carbocycles. The summed E-state index contributed by atoms with van der Waals surface area (Å²) in [7, 11) is 0. The van der Waals surface area contributed by atoms with E-state index in [1.807, 2.05) is 12.1 Å². The maximum absolute atomic E-state index is 13.8. The van der Waals surface area contributed by atoms with Gasteiger partial charge >= 0.3 is 6.03 Å². The van der Waals surface area contributed by atoms with E-state index in [0.29, 0.717) is 26.2 Å². The van der Waals surface area contributed by atoms with Gasteiger partial charge in [0.05, 0.1) is 11.4 Å². The first-order valence-electron chi connectivity index (χ1n) is 10.4. The van der Waals surface area contributed by atoms with Crippen LogP contribution in [0.4, 0.5) is 20.7 Å². The highest BCUT2D eigenvalue weighted by Gasteiger charge is 2.23. The first-order valence-corrected chi connectivity index (χ1v) is 10.4. The Labute approximate surface area is 181 Å². The molecule has 0 atom stereocenters. The van der Waals surface area contributed by atoms with Crippen LogP contribution < -0.4 is 10.2 Å². The number of nitrogens with one attached hydrogen (secondary N) is 1. The molecule has 7 heteroatoms. The summed E-state index contributed by atoms with van der Waals surface area (Å²) in [6.07, 6.45) is 0. The molecule has 1 N–H and O–H groups in total. The van der Waals surface area contributed by atoms with E-state index < -0.39 is 5.82 Å². The van der Waals surface area contributed by atoms with Crippen LogP contribution in [0.3, 0.4) is 0 Å². The van der Waals surface area contributed by atoms with Crippen molar-refractivity contribution in [1.82, 2.24) is 15.1 Å². The Morgan fingerprint density at radius 3 is 2.29 bits per heavy atom. The first kappa shape index (κ1) is 20.8. The van der Waals surface area contributed by atoms with Crippen LogP contribution in [-0.4, -0.2) is 47.3 Å². The fraction of sp³-hybridized carbons (Fsp3) is 0.292. The summed E-state index contributed by atoms with van der Waals surface area (Å²) >= 11 is 0. The normalized spacial score (nSPS) is 13.9. The summed E-state index contributed by atoms with van der Waals surface area (Å²) in [5, 5.41) is 11.5. The average molecular weight is 420 g/mol. The van der Waals surface area contributed by atoms with Gasteiger partial charge in [0.2, 0.25) is 0 Å². The molecule has 160 valence electrons. The van der Waals surface area contributed by atoms with Gasteiger partial charge in [-0.3, -0.25) is 0 Å². The number of anilines is 2. The number of para-hydroxylation sites is 1. The minimum absolute atomic E-state index is 0.193. The number of amides is 2. The number of carbonyl (C=O) groups is 1. The zero-order valence-corrected chi connectivity index (χ0v) is 18.0. The molecule has 0 unspecified atom stereocenters. The highest BCUT2D eigenvalue weighted by atomic mass is 19.1. The molecule has 0 radical (unpaired) electrons. The van der Waals surface area contributed by atoms with E-state index in [2.05, 4.69) is 53.3 Å². The van der Waals surface area contributed by atoms with E-state index in [9.17, 15) is 9.18 Å². The summed E-state index contributed by atoms with van der Waals surface area (Å²) < 4.78 is 13.8. The summed E-state index contributed by atoms with van der Waals surface area (Å²) in [5.41, 5.74) is 5.82. The van der Waals surface area contributed by atoms with Crippen molar-refractivity contribution < 1.29 is 9.18 Å². The third-order valence-electron chi connectivity index (χ3n) is 5.77. The molecule has 1 fully saturated rings. The van der Waals surface area contributed by atoms with Crippen LogP contribution in [0.15, 0.2) is 48.5 Å². The largest absolute Gasteiger partial charge is 0.352 e. The van der Waals surface area contributed by atoms with Crippen molar-refractivity contribution in [2.24, 2.45) is 0 Å². The van der Waals surface area contributed by atoms with Gasteiger partial charge in [0.25, 0.3) is 0 Å². The lowest BCUT2D eigenvalue weighted by Crippen LogP contribution is -2.50. The van der Waals surface area contributed by atoms with Crippen LogP contribution in [0.5, 0.6) is 0 Å². The fourth-order valence-electron chi connectivity index (χ4n) is 3.77. The predicted molar refractivity (Wildman–Crippen MR) is 121 cm³/mol. The van der Waals surface area contributed by atoms with Gasteiger partial charge in [0.1, 0.15) is 5.82 Å². The summed E-state index contributed by atoms with van der Waals surface area (Å²) in [6.45, 7) is 8.63. The lowest BCUT2D eigenvalue weighted by molar-refractivity contribution is 0.208. The Bertz CT molecular complexity index is 1090. The zero-order chi connectivity index (χ0) is 22.0. The second kappa shape index (κ2) is 8.71. The molecule has 2 amide bonds. The minimum atomic E-state index is -0.441. The molecule has 3 aromatic rings. The van der Waals surface area contributed by atoms with Crippen molar-refractivity contribution in [3.8, 4) is 11.3 Å². The van der Waals surface area contributed by atoms with Crippen molar-refractivity contribution in [3.05, 3.63) is 71.0 Å². The van der Waals surface area contributed by atoms with Gasteiger partial charge in [-0.2, -0.15) is 0 Å². The number of urea groups is 1. The Morgan fingerprint density at radius 1 is 0.903 bits per heavy atom. The number of carbonyl (C=O) groups excluding carboxylic acids is 1. The van der Waals surface area contributed by atoms with Crippen molar-refractivity contribution in [3.63, 3.8) is 0 Å². The zero-order valence-electron chi connectivity index (χ0n) is 18.0. The van der Waals surface area contributed by atoms with Crippen molar-refractivity contribution >= 4 is 17.5 Å². The molecule has 1 aromatic heterocycles. The van der Waals surface area contributed by atoms with Gasteiger partial charge in [0, 0.05) is 31.7 Å². The molecule has 1 saturated heterocycles. The molecule has 2 aromatic carbocycles. The van der Waals surface area contributed by atoms with Crippen molar-refractivity contribution in [2.75, 3.05) is 36.4 Å². The first-order chi connectivity index (χ1) is 14.9.